The number of carbonyl (C=O) groups excluding carboxylic acids is 1. The molecular weight excluding hydrogens is 270 g/mol. The monoisotopic (exact) mass is 289 g/mol. The molecule has 2 aromatic rings. The molecule has 0 aliphatic rings. The number of carbonyl (C=O) groups is 1. The fraction of sp³-hybridized carbons (Fsp3) is 0.429. The molecule has 0 saturated carbocycles. The minimum absolute atomic E-state index is 0.0347. The quantitative estimate of drug-likeness (QED) is 0.890. The third-order valence-corrected chi connectivity index (χ3v) is 3.37. The molecule has 112 valence electrons. The summed E-state index contributed by atoms with van der Waals surface area (Å²) in [5, 5.41) is 10.6. The average molecular weight is 289 g/mol. The van der Waals surface area contributed by atoms with E-state index in [-0.39, 0.29) is 11.5 Å². The van der Waals surface area contributed by atoms with Crippen LogP contribution in [-0.2, 0) is 6.42 Å². The van der Waals surface area contributed by atoms with Crippen LogP contribution in [0.2, 0.25) is 0 Å². The lowest BCUT2D eigenvalue weighted by molar-refractivity contribution is 0.0772. The number of rotatable bonds is 5. The van der Waals surface area contributed by atoms with E-state index in [9.17, 15) is 9.59 Å². The van der Waals surface area contributed by atoms with E-state index in [1.165, 1.54) is 6.07 Å². The van der Waals surface area contributed by atoms with Gasteiger partial charge in [-0.15, -0.1) is 0 Å². The molecule has 0 fully saturated rings. The Hall–Kier alpha value is -2.44. The summed E-state index contributed by atoms with van der Waals surface area (Å²) < 4.78 is 1.59. The zero-order valence-electron chi connectivity index (χ0n) is 12.5. The SMILES string of the molecule is CCc1c(C(=O)N(CC)CC)cnn1-c1ccc(=O)[nH]n1. The maximum atomic E-state index is 12.5. The first-order chi connectivity index (χ1) is 10.1. The van der Waals surface area contributed by atoms with Gasteiger partial charge in [-0.25, -0.2) is 9.78 Å². The van der Waals surface area contributed by atoms with Gasteiger partial charge in [0.25, 0.3) is 11.5 Å². The van der Waals surface area contributed by atoms with E-state index in [1.807, 2.05) is 20.8 Å². The van der Waals surface area contributed by atoms with E-state index in [2.05, 4.69) is 15.3 Å². The minimum atomic E-state index is -0.275. The van der Waals surface area contributed by atoms with E-state index in [0.717, 1.165) is 5.69 Å². The Bertz CT molecular complexity index is 664. The van der Waals surface area contributed by atoms with Crippen LogP contribution in [0.25, 0.3) is 5.82 Å². The lowest BCUT2D eigenvalue weighted by atomic mass is 10.2. The third kappa shape index (κ3) is 2.86. The van der Waals surface area contributed by atoms with Crippen molar-refractivity contribution in [2.24, 2.45) is 0 Å². The topological polar surface area (TPSA) is 83.9 Å². The van der Waals surface area contributed by atoms with E-state index in [1.54, 1.807) is 21.8 Å². The molecule has 0 saturated heterocycles. The van der Waals surface area contributed by atoms with Crippen LogP contribution in [0.3, 0.4) is 0 Å². The van der Waals surface area contributed by atoms with Crippen molar-refractivity contribution in [3.05, 3.63) is 39.9 Å². The molecule has 2 aromatic heterocycles. The number of nitrogens with one attached hydrogen (secondary N) is 1. The fourth-order valence-corrected chi connectivity index (χ4v) is 2.23. The summed E-state index contributed by atoms with van der Waals surface area (Å²) in [5.41, 5.74) is 1.09. The standard InChI is InChI=1S/C14H19N5O2/c1-4-11-10(14(21)18(5-2)6-3)9-15-19(11)12-7-8-13(20)17-16-12/h7-9H,4-6H2,1-3H3,(H,17,20). The van der Waals surface area contributed by atoms with Crippen LogP contribution < -0.4 is 5.56 Å². The Morgan fingerprint density at radius 3 is 2.52 bits per heavy atom. The molecule has 0 radical (unpaired) electrons. The summed E-state index contributed by atoms with van der Waals surface area (Å²) in [5.74, 6) is 0.456. The second-order valence-electron chi connectivity index (χ2n) is 4.53. The van der Waals surface area contributed by atoms with E-state index >= 15 is 0 Å². The van der Waals surface area contributed by atoms with Crippen molar-refractivity contribution < 1.29 is 4.79 Å². The molecule has 0 bridgehead atoms. The van der Waals surface area contributed by atoms with E-state index < -0.39 is 0 Å². The zero-order chi connectivity index (χ0) is 15.4. The number of nitrogens with zero attached hydrogens (tertiary/aromatic N) is 4. The highest BCUT2D eigenvalue weighted by Gasteiger charge is 2.21. The predicted molar refractivity (Wildman–Crippen MR) is 78.6 cm³/mol. The second kappa shape index (κ2) is 6.34. The van der Waals surface area contributed by atoms with Gasteiger partial charge < -0.3 is 4.90 Å². The molecule has 7 heteroatoms. The van der Waals surface area contributed by atoms with Gasteiger partial charge in [0.05, 0.1) is 17.5 Å². The summed E-state index contributed by atoms with van der Waals surface area (Å²) in [4.78, 5) is 25.3. The number of aromatic nitrogens is 4. The molecule has 0 aliphatic heterocycles. The van der Waals surface area contributed by atoms with Crippen LogP contribution in [0.5, 0.6) is 0 Å². The lowest BCUT2D eigenvalue weighted by Gasteiger charge is -2.18. The maximum absolute atomic E-state index is 12.5. The van der Waals surface area contributed by atoms with Crippen molar-refractivity contribution >= 4 is 5.91 Å². The van der Waals surface area contributed by atoms with Crippen molar-refractivity contribution in [2.75, 3.05) is 13.1 Å². The molecule has 0 aliphatic carbocycles. The van der Waals surface area contributed by atoms with Gasteiger partial charge in [0, 0.05) is 19.2 Å². The van der Waals surface area contributed by atoms with Gasteiger partial charge in [-0.1, -0.05) is 6.92 Å². The Morgan fingerprint density at radius 1 is 1.29 bits per heavy atom. The van der Waals surface area contributed by atoms with Crippen molar-refractivity contribution in [1.82, 2.24) is 24.9 Å². The fourth-order valence-electron chi connectivity index (χ4n) is 2.23. The molecule has 1 N–H and O–H groups in total. The first kappa shape index (κ1) is 15.0. The molecule has 21 heavy (non-hydrogen) atoms. The van der Waals surface area contributed by atoms with Gasteiger partial charge in [0.2, 0.25) is 0 Å². The smallest absolute Gasteiger partial charge is 0.264 e. The van der Waals surface area contributed by atoms with Crippen molar-refractivity contribution in [3.63, 3.8) is 0 Å². The first-order valence-electron chi connectivity index (χ1n) is 7.04. The third-order valence-electron chi connectivity index (χ3n) is 3.37. The van der Waals surface area contributed by atoms with Crippen LogP contribution in [0, 0.1) is 0 Å². The predicted octanol–water partition coefficient (Wildman–Crippen LogP) is 1.000. The van der Waals surface area contributed by atoms with Gasteiger partial charge in [-0.3, -0.25) is 9.59 Å². The molecule has 2 heterocycles. The Balaban J connectivity index is 2.45. The highest BCUT2D eigenvalue weighted by atomic mass is 16.2. The van der Waals surface area contributed by atoms with Gasteiger partial charge in [-0.2, -0.15) is 10.2 Å². The van der Waals surface area contributed by atoms with Crippen molar-refractivity contribution in [2.45, 2.75) is 27.2 Å². The van der Waals surface area contributed by atoms with Crippen LogP contribution in [0.15, 0.2) is 23.1 Å². The molecule has 2 rings (SSSR count). The average Bonchev–Trinajstić information content (AvgIpc) is 2.93. The lowest BCUT2D eigenvalue weighted by Crippen LogP contribution is -2.31. The van der Waals surface area contributed by atoms with Gasteiger partial charge >= 0.3 is 0 Å². The highest BCUT2D eigenvalue weighted by Crippen LogP contribution is 2.15. The second-order valence-corrected chi connectivity index (χ2v) is 4.53. The van der Waals surface area contributed by atoms with Crippen LogP contribution >= 0.6 is 0 Å². The normalized spacial score (nSPS) is 10.6. The molecular formula is C14H19N5O2. The Kier molecular flexibility index (Phi) is 4.52. The first-order valence-corrected chi connectivity index (χ1v) is 7.04. The summed E-state index contributed by atoms with van der Waals surface area (Å²) in [6, 6.07) is 2.96. The highest BCUT2D eigenvalue weighted by molar-refractivity contribution is 5.95. The molecule has 0 atom stereocenters. The molecule has 0 unspecified atom stereocenters. The maximum Gasteiger partial charge on any atom is 0.264 e. The van der Waals surface area contributed by atoms with E-state index in [4.69, 9.17) is 0 Å². The Morgan fingerprint density at radius 2 is 2.00 bits per heavy atom. The van der Waals surface area contributed by atoms with Crippen molar-refractivity contribution in [1.29, 1.82) is 0 Å². The molecule has 0 spiro atoms. The molecule has 1 amide bonds. The molecule has 0 aromatic carbocycles. The largest absolute Gasteiger partial charge is 0.339 e. The summed E-state index contributed by atoms with van der Waals surface area (Å²) in [7, 11) is 0. The Labute approximate surface area is 122 Å². The van der Waals surface area contributed by atoms with Gasteiger partial charge in [0.15, 0.2) is 5.82 Å². The number of hydrogen-bond acceptors (Lipinski definition) is 4. The number of hydrogen-bond donors (Lipinski definition) is 1. The summed E-state index contributed by atoms with van der Waals surface area (Å²) in [6.45, 7) is 7.15. The zero-order valence-corrected chi connectivity index (χ0v) is 12.5. The van der Waals surface area contributed by atoms with Crippen LogP contribution in [0.4, 0.5) is 0 Å². The van der Waals surface area contributed by atoms with Crippen LogP contribution in [0.1, 0.15) is 36.8 Å². The number of aromatic amines is 1. The van der Waals surface area contributed by atoms with Gasteiger partial charge in [-0.05, 0) is 26.3 Å². The number of amides is 1. The van der Waals surface area contributed by atoms with E-state index in [0.29, 0.717) is 30.9 Å². The number of H-pyrrole nitrogens is 1. The van der Waals surface area contributed by atoms with Gasteiger partial charge in [0.1, 0.15) is 0 Å². The minimum Gasteiger partial charge on any atom is -0.339 e. The van der Waals surface area contributed by atoms with Crippen molar-refractivity contribution in [3.8, 4) is 5.82 Å². The summed E-state index contributed by atoms with van der Waals surface area (Å²) in [6.07, 6.45) is 2.20. The molecule has 7 nitrogen and oxygen atoms in total. The van der Waals surface area contributed by atoms with Crippen LogP contribution in [-0.4, -0.2) is 43.9 Å². The summed E-state index contributed by atoms with van der Waals surface area (Å²) >= 11 is 0.